The molecule has 0 spiro atoms. The summed E-state index contributed by atoms with van der Waals surface area (Å²) < 4.78 is 0. The van der Waals surface area contributed by atoms with Crippen LogP contribution in [0.25, 0.3) is 10.8 Å². The van der Waals surface area contributed by atoms with Gasteiger partial charge in [0.05, 0.1) is 0 Å². The van der Waals surface area contributed by atoms with Crippen molar-refractivity contribution in [3.8, 4) is 0 Å². The van der Waals surface area contributed by atoms with Crippen LogP contribution in [0, 0.1) is 0 Å². The van der Waals surface area contributed by atoms with Crippen molar-refractivity contribution >= 4 is 28.2 Å². The van der Waals surface area contributed by atoms with E-state index in [0.29, 0.717) is 5.56 Å². The minimum atomic E-state index is -0.144. The number of fused-ring (bicyclic) bond motifs is 1. The van der Waals surface area contributed by atoms with Gasteiger partial charge in [-0.25, -0.2) is 0 Å². The first-order chi connectivity index (χ1) is 12.2. The Morgan fingerprint density at radius 3 is 2.32 bits per heavy atom. The SMILES string of the molecule is CCc1ccc(C(=O)CCC(=O)Nc2cccc3ccccc23)cc1. The molecule has 0 aliphatic carbocycles. The first-order valence-electron chi connectivity index (χ1n) is 8.57. The Kier molecular flexibility index (Phi) is 5.24. The zero-order chi connectivity index (χ0) is 17.6. The highest BCUT2D eigenvalue weighted by Gasteiger charge is 2.10. The second-order valence-corrected chi connectivity index (χ2v) is 6.05. The molecule has 25 heavy (non-hydrogen) atoms. The Labute approximate surface area is 147 Å². The summed E-state index contributed by atoms with van der Waals surface area (Å²) in [5, 5.41) is 4.99. The highest BCUT2D eigenvalue weighted by Crippen LogP contribution is 2.23. The lowest BCUT2D eigenvalue weighted by Gasteiger charge is -2.08. The standard InChI is InChI=1S/C22H21NO2/c1-2-16-10-12-18(13-11-16)21(24)14-15-22(25)23-20-9-5-7-17-6-3-4-8-19(17)20/h3-13H,2,14-15H2,1H3,(H,23,25). The maximum absolute atomic E-state index is 12.2. The van der Waals surface area contributed by atoms with Crippen LogP contribution in [0.1, 0.15) is 35.7 Å². The van der Waals surface area contributed by atoms with Gasteiger partial charge in [-0.05, 0) is 23.4 Å². The number of nitrogens with one attached hydrogen (secondary N) is 1. The van der Waals surface area contributed by atoms with Crippen LogP contribution in [-0.2, 0) is 11.2 Å². The van der Waals surface area contributed by atoms with Gasteiger partial charge in [-0.2, -0.15) is 0 Å². The third-order valence-electron chi connectivity index (χ3n) is 4.33. The molecule has 0 fully saturated rings. The van der Waals surface area contributed by atoms with Gasteiger partial charge in [0.25, 0.3) is 0 Å². The number of hydrogen-bond donors (Lipinski definition) is 1. The lowest BCUT2D eigenvalue weighted by molar-refractivity contribution is -0.116. The molecule has 0 bridgehead atoms. The second kappa shape index (κ2) is 7.75. The summed E-state index contributed by atoms with van der Waals surface area (Å²) in [7, 11) is 0. The van der Waals surface area contributed by atoms with E-state index in [9.17, 15) is 9.59 Å². The van der Waals surface area contributed by atoms with E-state index in [0.717, 1.165) is 22.9 Å². The van der Waals surface area contributed by atoms with E-state index >= 15 is 0 Å². The normalized spacial score (nSPS) is 10.6. The third kappa shape index (κ3) is 4.13. The van der Waals surface area contributed by atoms with Crippen molar-refractivity contribution < 1.29 is 9.59 Å². The van der Waals surface area contributed by atoms with Gasteiger partial charge in [0.1, 0.15) is 0 Å². The maximum atomic E-state index is 12.2. The number of hydrogen-bond acceptors (Lipinski definition) is 2. The molecule has 3 aromatic rings. The minimum absolute atomic E-state index is 0.00396. The summed E-state index contributed by atoms with van der Waals surface area (Å²) in [6.07, 6.45) is 1.33. The van der Waals surface area contributed by atoms with Crippen LogP contribution in [0.3, 0.4) is 0 Å². The van der Waals surface area contributed by atoms with E-state index < -0.39 is 0 Å². The molecule has 126 valence electrons. The summed E-state index contributed by atoms with van der Waals surface area (Å²) in [5.74, 6) is -0.148. The van der Waals surface area contributed by atoms with Gasteiger partial charge >= 0.3 is 0 Å². The molecule has 0 saturated carbocycles. The molecule has 3 aromatic carbocycles. The van der Waals surface area contributed by atoms with Crippen molar-refractivity contribution in [2.24, 2.45) is 0 Å². The van der Waals surface area contributed by atoms with Gasteiger partial charge in [-0.15, -0.1) is 0 Å². The first-order valence-corrected chi connectivity index (χ1v) is 8.57. The monoisotopic (exact) mass is 331 g/mol. The summed E-state index contributed by atoms with van der Waals surface area (Å²) in [6.45, 7) is 2.08. The molecular formula is C22H21NO2. The zero-order valence-corrected chi connectivity index (χ0v) is 14.3. The highest BCUT2D eigenvalue weighted by atomic mass is 16.2. The number of Topliss-reactive ketones (excluding diaryl/α,β-unsaturated/α-hetero) is 1. The van der Waals surface area contributed by atoms with E-state index in [1.165, 1.54) is 5.56 Å². The molecule has 3 rings (SSSR count). The average Bonchev–Trinajstić information content (AvgIpc) is 2.66. The predicted octanol–water partition coefficient (Wildman–Crippen LogP) is 5.00. The number of aryl methyl sites for hydroxylation is 1. The molecule has 3 nitrogen and oxygen atoms in total. The fourth-order valence-electron chi connectivity index (χ4n) is 2.84. The van der Waals surface area contributed by atoms with Gasteiger partial charge in [-0.1, -0.05) is 67.6 Å². The Morgan fingerprint density at radius 2 is 1.56 bits per heavy atom. The van der Waals surface area contributed by atoms with Crippen LogP contribution >= 0.6 is 0 Å². The summed E-state index contributed by atoms with van der Waals surface area (Å²) >= 11 is 0. The van der Waals surface area contributed by atoms with Gasteiger partial charge in [-0.3, -0.25) is 9.59 Å². The zero-order valence-electron chi connectivity index (χ0n) is 14.3. The first kappa shape index (κ1) is 16.9. The molecule has 3 heteroatoms. The molecule has 0 saturated heterocycles. The van der Waals surface area contributed by atoms with Crippen molar-refractivity contribution in [2.45, 2.75) is 26.2 Å². The molecular weight excluding hydrogens is 310 g/mol. The molecule has 0 heterocycles. The Hall–Kier alpha value is -2.94. The van der Waals surface area contributed by atoms with E-state index in [2.05, 4.69) is 12.2 Å². The molecule has 0 unspecified atom stereocenters. The van der Waals surface area contributed by atoms with Crippen molar-refractivity contribution in [2.75, 3.05) is 5.32 Å². The van der Waals surface area contributed by atoms with Crippen LogP contribution in [0.2, 0.25) is 0 Å². The number of rotatable bonds is 6. The number of anilines is 1. The molecule has 0 aromatic heterocycles. The molecule has 1 N–H and O–H groups in total. The van der Waals surface area contributed by atoms with E-state index in [4.69, 9.17) is 0 Å². The Morgan fingerprint density at radius 1 is 0.840 bits per heavy atom. The predicted molar refractivity (Wildman–Crippen MR) is 102 cm³/mol. The molecule has 0 aliphatic heterocycles. The average molecular weight is 331 g/mol. The van der Waals surface area contributed by atoms with E-state index in [1.807, 2.05) is 66.7 Å². The van der Waals surface area contributed by atoms with E-state index in [-0.39, 0.29) is 24.5 Å². The smallest absolute Gasteiger partial charge is 0.224 e. The van der Waals surface area contributed by atoms with Crippen molar-refractivity contribution in [1.29, 1.82) is 0 Å². The summed E-state index contributed by atoms with van der Waals surface area (Å²) in [5.41, 5.74) is 2.64. The maximum Gasteiger partial charge on any atom is 0.224 e. The molecule has 0 radical (unpaired) electrons. The van der Waals surface area contributed by atoms with Gasteiger partial charge in [0.2, 0.25) is 5.91 Å². The van der Waals surface area contributed by atoms with Gasteiger partial charge in [0.15, 0.2) is 5.78 Å². The molecule has 1 amide bonds. The molecule has 0 aliphatic rings. The lowest BCUT2D eigenvalue weighted by Crippen LogP contribution is -2.13. The van der Waals surface area contributed by atoms with Gasteiger partial charge < -0.3 is 5.32 Å². The van der Waals surface area contributed by atoms with Crippen LogP contribution in [0.4, 0.5) is 5.69 Å². The molecule has 0 atom stereocenters. The highest BCUT2D eigenvalue weighted by molar-refractivity contribution is 6.04. The fourth-order valence-corrected chi connectivity index (χ4v) is 2.84. The third-order valence-corrected chi connectivity index (χ3v) is 4.33. The van der Waals surface area contributed by atoms with E-state index in [1.54, 1.807) is 0 Å². The summed E-state index contributed by atoms with van der Waals surface area (Å²) in [6, 6.07) is 21.3. The van der Waals surface area contributed by atoms with Crippen molar-refractivity contribution in [3.05, 3.63) is 77.9 Å². The second-order valence-electron chi connectivity index (χ2n) is 6.05. The largest absolute Gasteiger partial charge is 0.326 e. The Balaban J connectivity index is 1.61. The summed E-state index contributed by atoms with van der Waals surface area (Å²) in [4.78, 5) is 24.5. The van der Waals surface area contributed by atoms with Crippen LogP contribution < -0.4 is 5.32 Å². The van der Waals surface area contributed by atoms with Crippen LogP contribution in [-0.4, -0.2) is 11.7 Å². The van der Waals surface area contributed by atoms with Crippen molar-refractivity contribution in [1.82, 2.24) is 0 Å². The van der Waals surface area contributed by atoms with Crippen molar-refractivity contribution in [3.63, 3.8) is 0 Å². The van der Waals surface area contributed by atoms with Gasteiger partial charge in [0, 0.05) is 29.5 Å². The number of ketones is 1. The van der Waals surface area contributed by atoms with Crippen LogP contribution in [0.15, 0.2) is 66.7 Å². The number of amides is 1. The number of carbonyl (C=O) groups excluding carboxylic acids is 2. The van der Waals surface area contributed by atoms with Crippen LogP contribution in [0.5, 0.6) is 0 Å². The minimum Gasteiger partial charge on any atom is -0.326 e. The number of carbonyl (C=O) groups is 2. The quantitative estimate of drug-likeness (QED) is 0.646. The fraction of sp³-hybridized carbons (Fsp3) is 0.182. The topological polar surface area (TPSA) is 46.2 Å². The lowest BCUT2D eigenvalue weighted by atomic mass is 10.0. The number of benzene rings is 3. The Bertz CT molecular complexity index is 892.